The van der Waals surface area contributed by atoms with Gasteiger partial charge in [0.1, 0.15) is 5.54 Å². The van der Waals surface area contributed by atoms with Gasteiger partial charge in [0, 0.05) is 23.4 Å². The van der Waals surface area contributed by atoms with Crippen molar-refractivity contribution >= 4 is 23.5 Å². The van der Waals surface area contributed by atoms with Crippen LogP contribution in [0.25, 0.3) is 11.4 Å². The zero-order valence-corrected chi connectivity index (χ0v) is 14.8. The summed E-state index contributed by atoms with van der Waals surface area (Å²) >= 11 is 5.84. The van der Waals surface area contributed by atoms with Crippen molar-refractivity contribution in [1.82, 2.24) is 15.5 Å². The van der Waals surface area contributed by atoms with Crippen LogP contribution in [0, 0.1) is 0 Å². The van der Waals surface area contributed by atoms with Gasteiger partial charge in [0.05, 0.1) is 0 Å². The Bertz CT molecular complexity index is 745. The summed E-state index contributed by atoms with van der Waals surface area (Å²) in [6, 6.07) is 6.99. The molecule has 7 nitrogen and oxygen atoms in total. The fourth-order valence-corrected chi connectivity index (χ4v) is 2.51. The second-order valence-electron chi connectivity index (χ2n) is 5.95. The number of rotatable bonds is 8. The predicted octanol–water partition coefficient (Wildman–Crippen LogP) is 3.08. The van der Waals surface area contributed by atoms with Gasteiger partial charge >= 0.3 is 5.97 Å². The highest BCUT2D eigenvalue weighted by Crippen LogP contribution is 2.19. The van der Waals surface area contributed by atoms with Crippen LogP contribution < -0.4 is 5.32 Å². The minimum Gasteiger partial charge on any atom is -0.480 e. The second kappa shape index (κ2) is 8.11. The SMILES string of the molecule is CCCC(C)(NC(=O)CCc1nc(-c2ccc(Cl)cc2)no1)C(=O)O. The third-order valence-electron chi connectivity index (χ3n) is 3.77. The summed E-state index contributed by atoms with van der Waals surface area (Å²) in [5, 5.41) is 16.3. The number of nitrogens with zero attached hydrogens (tertiary/aromatic N) is 2. The van der Waals surface area contributed by atoms with Crippen LogP contribution in [0.5, 0.6) is 0 Å². The quantitative estimate of drug-likeness (QED) is 0.744. The van der Waals surface area contributed by atoms with Crippen molar-refractivity contribution in [3.63, 3.8) is 0 Å². The Kier molecular flexibility index (Phi) is 6.14. The zero-order chi connectivity index (χ0) is 18.4. The molecule has 0 spiro atoms. The topological polar surface area (TPSA) is 105 Å². The summed E-state index contributed by atoms with van der Waals surface area (Å²) in [4.78, 5) is 27.6. The lowest BCUT2D eigenvalue weighted by molar-refractivity contribution is -0.147. The van der Waals surface area contributed by atoms with Gasteiger partial charge in [0.25, 0.3) is 0 Å². The van der Waals surface area contributed by atoms with Gasteiger partial charge in [0.2, 0.25) is 17.6 Å². The third-order valence-corrected chi connectivity index (χ3v) is 4.03. The number of carboxylic acids is 1. The van der Waals surface area contributed by atoms with Crippen molar-refractivity contribution in [2.45, 2.75) is 45.1 Å². The van der Waals surface area contributed by atoms with Gasteiger partial charge in [-0.2, -0.15) is 4.98 Å². The molecule has 8 heteroatoms. The van der Waals surface area contributed by atoms with Crippen molar-refractivity contribution < 1.29 is 19.2 Å². The molecule has 0 aliphatic rings. The summed E-state index contributed by atoms with van der Waals surface area (Å²) in [7, 11) is 0. The number of nitrogens with one attached hydrogen (secondary N) is 1. The number of hydrogen-bond donors (Lipinski definition) is 2. The van der Waals surface area contributed by atoms with E-state index in [0.717, 1.165) is 5.56 Å². The molecule has 0 aliphatic heterocycles. The first-order valence-electron chi connectivity index (χ1n) is 7.97. The maximum atomic E-state index is 12.0. The maximum Gasteiger partial charge on any atom is 0.329 e. The van der Waals surface area contributed by atoms with Crippen molar-refractivity contribution in [2.24, 2.45) is 0 Å². The first-order valence-corrected chi connectivity index (χ1v) is 8.35. The number of aliphatic carboxylic acids is 1. The molecule has 0 radical (unpaired) electrons. The average molecular weight is 366 g/mol. The molecule has 1 heterocycles. The van der Waals surface area contributed by atoms with E-state index in [4.69, 9.17) is 16.1 Å². The van der Waals surface area contributed by atoms with E-state index >= 15 is 0 Å². The number of carbonyl (C=O) groups excluding carboxylic acids is 1. The lowest BCUT2D eigenvalue weighted by Gasteiger charge is -2.25. The minimum absolute atomic E-state index is 0.0643. The van der Waals surface area contributed by atoms with Crippen LogP contribution in [0.15, 0.2) is 28.8 Å². The Balaban J connectivity index is 1.94. The summed E-state index contributed by atoms with van der Waals surface area (Å²) in [6.45, 7) is 3.37. The Morgan fingerprint density at radius 3 is 2.60 bits per heavy atom. The molecule has 0 aliphatic carbocycles. The summed E-state index contributed by atoms with van der Waals surface area (Å²) < 4.78 is 5.13. The molecule has 0 fully saturated rings. The Labute approximate surface area is 150 Å². The third kappa shape index (κ3) is 5.03. The molecular formula is C17H20ClN3O4. The molecule has 134 valence electrons. The van der Waals surface area contributed by atoms with Gasteiger partial charge in [-0.15, -0.1) is 0 Å². The molecule has 1 aromatic heterocycles. The molecule has 25 heavy (non-hydrogen) atoms. The van der Waals surface area contributed by atoms with Crippen molar-refractivity contribution in [3.05, 3.63) is 35.2 Å². The van der Waals surface area contributed by atoms with Crippen molar-refractivity contribution in [2.75, 3.05) is 0 Å². The van der Waals surface area contributed by atoms with Crippen LogP contribution in [0.4, 0.5) is 0 Å². The highest BCUT2D eigenvalue weighted by atomic mass is 35.5. The van der Waals surface area contributed by atoms with Crippen molar-refractivity contribution in [3.8, 4) is 11.4 Å². The number of halogens is 1. The van der Waals surface area contributed by atoms with Gasteiger partial charge in [-0.05, 0) is 37.6 Å². The number of hydrogen-bond acceptors (Lipinski definition) is 5. The highest BCUT2D eigenvalue weighted by molar-refractivity contribution is 6.30. The standard InChI is InChI=1S/C17H20ClN3O4/c1-3-10-17(2,16(23)24)20-13(22)8-9-14-19-15(21-25-14)11-4-6-12(18)7-5-11/h4-7H,3,8-10H2,1-2H3,(H,20,22)(H,23,24). The van der Waals surface area contributed by atoms with Gasteiger partial charge in [-0.1, -0.05) is 30.1 Å². The first-order chi connectivity index (χ1) is 11.8. The van der Waals surface area contributed by atoms with Gasteiger partial charge < -0.3 is 14.9 Å². The van der Waals surface area contributed by atoms with Crippen molar-refractivity contribution in [1.29, 1.82) is 0 Å². The molecule has 2 rings (SSSR count). The number of aromatic nitrogens is 2. The van der Waals surface area contributed by atoms with E-state index in [1.165, 1.54) is 6.92 Å². The number of carboxylic acid groups (broad SMARTS) is 1. The maximum absolute atomic E-state index is 12.0. The highest BCUT2D eigenvalue weighted by Gasteiger charge is 2.33. The van der Waals surface area contributed by atoms with E-state index < -0.39 is 11.5 Å². The Hall–Kier alpha value is -2.41. The number of carbonyl (C=O) groups is 2. The second-order valence-corrected chi connectivity index (χ2v) is 6.39. The van der Waals surface area contributed by atoms with Crippen LogP contribution in [0.3, 0.4) is 0 Å². The molecule has 1 amide bonds. The monoisotopic (exact) mass is 365 g/mol. The first kappa shape index (κ1) is 18.9. The summed E-state index contributed by atoms with van der Waals surface area (Å²) in [5.41, 5.74) is -0.514. The normalized spacial score (nSPS) is 13.2. The molecule has 2 aromatic rings. The van der Waals surface area contributed by atoms with Crippen LogP contribution in [-0.4, -0.2) is 32.7 Å². The largest absolute Gasteiger partial charge is 0.480 e. The van der Waals surface area contributed by atoms with Gasteiger partial charge in [-0.3, -0.25) is 4.79 Å². The number of aryl methyl sites for hydroxylation is 1. The fourth-order valence-electron chi connectivity index (χ4n) is 2.39. The van der Waals surface area contributed by atoms with Gasteiger partial charge in [0.15, 0.2) is 0 Å². The minimum atomic E-state index is -1.27. The molecule has 0 bridgehead atoms. The molecular weight excluding hydrogens is 346 g/mol. The number of amides is 1. The summed E-state index contributed by atoms with van der Waals surface area (Å²) in [5.74, 6) is -0.698. The van der Waals surface area contributed by atoms with E-state index in [1.807, 2.05) is 6.92 Å². The molecule has 1 atom stereocenters. The van der Waals surface area contributed by atoms with Crippen LogP contribution in [-0.2, 0) is 16.0 Å². The summed E-state index contributed by atoms with van der Waals surface area (Å²) in [6.07, 6.45) is 1.30. The lowest BCUT2D eigenvalue weighted by Crippen LogP contribution is -2.52. The smallest absolute Gasteiger partial charge is 0.329 e. The van der Waals surface area contributed by atoms with E-state index in [-0.39, 0.29) is 18.7 Å². The van der Waals surface area contributed by atoms with E-state index in [1.54, 1.807) is 24.3 Å². The van der Waals surface area contributed by atoms with Gasteiger partial charge in [-0.25, -0.2) is 4.79 Å². The van der Waals surface area contributed by atoms with Crippen LogP contribution >= 0.6 is 11.6 Å². The van der Waals surface area contributed by atoms with E-state index in [9.17, 15) is 14.7 Å². The molecule has 0 saturated carbocycles. The van der Waals surface area contributed by atoms with Crippen LogP contribution in [0.2, 0.25) is 5.02 Å². The van der Waals surface area contributed by atoms with E-state index in [2.05, 4.69) is 15.5 Å². The molecule has 1 unspecified atom stereocenters. The van der Waals surface area contributed by atoms with E-state index in [0.29, 0.717) is 29.6 Å². The predicted molar refractivity (Wildman–Crippen MR) is 92.2 cm³/mol. The Morgan fingerprint density at radius 1 is 1.32 bits per heavy atom. The molecule has 1 aromatic carbocycles. The Morgan fingerprint density at radius 2 is 2.00 bits per heavy atom. The lowest BCUT2D eigenvalue weighted by atomic mass is 9.96. The van der Waals surface area contributed by atoms with Crippen LogP contribution in [0.1, 0.15) is 39.0 Å². The molecule has 0 saturated heterocycles. The fraction of sp³-hybridized carbons (Fsp3) is 0.412. The zero-order valence-electron chi connectivity index (χ0n) is 14.1. The average Bonchev–Trinajstić information content (AvgIpc) is 3.02. The molecule has 2 N–H and O–H groups in total. The number of benzene rings is 1.